The third-order valence-electron chi connectivity index (χ3n) is 3.66. The summed E-state index contributed by atoms with van der Waals surface area (Å²) in [5.74, 6) is 1.01. The van der Waals surface area contributed by atoms with E-state index in [2.05, 4.69) is 40.0 Å². The molecule has 0 unspecified atom stereocenters. The Kier molecular flexibility index (Phi) is 3.56. The SMILES string of the molecule is CCCc1ccc2nc(Cl)nc(N3CCCC3)c2c1. The Hall–Kier alpha value is -1.35. The second-order valence-corrected chi connectivity index (χ2v) is 5.45. The maximum atomic E-state index is 6.05. The summed E-state index contributed by atoms with van der Waals surface area (Å²) in [6.45, 7) is 4.34. The molecule has 1 aromatic carbocycles. The number of hydrogen-bond donors (Lipinski definition) is 0. The lowest BCUT2D eigenvalue weighted by Crippen LogP contribution is -2.19. The van der Waals surface area contributed by atoms with E-state index in [1.165, 1.54) is 18.4 Å². The second kappa shape index (κ2) is 5.33. The minimum Gasteiger partial charge on any atom is -0.356 e. The zero-order chi connectivity index (χ0) is 13.2. The minimum atomic E-state index is 0.345. The van der Waals surface area contributed by atoms with Gasteiger partial charge in [0.05, 0.1) is 5.52 Å². The van der Waals surface area contributed by atoms with Gasteiger partial charge in [-0.05, 0) is 48.6 Å². The molecule has 0 spiro atoms. The van der Waals surface area contributed by atoms with Gasteiger partial charge in [0.1, 0.15) is 5.82 Å². The molecule has 0 atom stereocenters. The highest BCUT2D eigenvalue weighted by Crippen LogP contribution is 2.29. The molecular formula is C15H18ClN3. The van der Waals surface area contributed by atoms with Gasteiger partial charge in [0.25, 0.3) is 0 Å². The summed E-state index contributed by atoms with van der Waals surface area (Å²) in [5, 5.41) is 1.48. The summed E-state index contributed by atoms with van der Waals surface area (Å²) in [5.41, 5.74) is 2.29. The molecule has 100 valence electrons. The van der Waals surface area contributed by atoms with Crippen LogP contribution in [0.2, 0.25) is 5.28 Å². The number of hydrogen-bond acceptors (Lipinski definition) is 3. The number of rotatable bonds is 3. The molecule has 4 heteroatoms. The van der Waals surface area contributed by atoms with Crippen molar-refractivity contribution < 1.29 is 0 Å². The maximum absolute atomic E-state index is 6.05. The van der Waals surface area contributed by atoms with Crippen LogP contribution in [0.3, 0.4) is 0 Å². The highest BCUT2D eigenvalue weighted by Gasteiger charge is 2.17. The predicted octanol–water partition coefficient (Wildman–Crippen LogP) is 3.84. The second-order valence-electron chi connectivity index (χ2n) is 5.11. The first kappa shape index (κ1) is 12.7. The number of aryl methyl sites for hydroxylation is 1. The highest BCUT2D eigenvalue weighted by molar-refractivity contribution is 6.28. The van der Waals surface area contributed by atoms with Crippen molar-refractivity contribution >= 4 is 28.3 Å². The lowest BCUT2D eigenvalue weighted by molar-refractivity contribution is 0.919. The molecule has 1 saturated heterocycles. The van der Waals surface area contributed by atoms with Crippen molar-refractivity contribution in [1.29, 1.82) is 0 Å². The molecule has 1 fully saturated rings. The van der Waals surface area contributed by atoms with Crippen LogP contribution in [0.1, 0.15) is 31.7 Å². The van der Waals surface area contributed by atoms with Crippen molar-refractivity contribution in [2.24, 2.45) is 0 Å². The van der Waals surface area contributed by atoms with Gasteiger partial charge in [0.2, 0.25) is 5.28 Å². The first-order valence-corrected chi connectivity index (χ1v) is 7.37. The summed E-state index contributed by atoms with van der Waals surface area (Å²) in [6.07, 6.45) is 4.71. The van der Waals surface area contributed by atoms with Gasteiger partial charge in [0.15, 0.2) is 0 Å². The fraction of sp³-hybridized carbons (Fsp3) is 0.467. The van der Waals surface area contributed by atoms with E-state index in [4.69, 9.17) is 11.6 Å². The van der Waals surface area contributed by atoms with Crippen LogP contribution in [0.15, 0.2) is 18.2 Å². The Bertz CT molecular complexity index is 591. The monoisotopic (exact) mass is 275 g/mol. The fourth-order valence-corrected chi connectivity index (χ4v) is 2.92. The third-order valence-corrected chi connectivity index (χ3v) is 3.83. The topological polar surface area (TPSA) is 29.0 Å². The number of nitrogens with zero attached hydrogens (tertiary/aromatic N) is 3. The lowest BCUT2D eigenvalue weighted by atomic mass is 10.1. The summed E-state index contributed by atoms with van der Waals surface area (Å²) >= 11 is 6.05. The molecule has 0 saturated carbocycles. The molecule has 1 aliphatic heterocycles. The third kappa shape index (κ3) is 2.52. The first-order valence-electron chi connectivity index (χ1n) is 6.99. The Morgan fingerprint density at radius 2 is 2.00 bits per heavy atom. The van der Waals surface area contributed by atoms with Crippen LogP contribution in [0.4, 0.5) is 5.82 Å². The van der Waals surface area contributed by atoms with E-state index >= 15 is 0 Å². The van der Waals surface area contributed by atoms with Crippen LogP contribution in [0, 0.1) is 0 Å². The quantitative estimate of drug-likeness (QED) is 0.797. The van der Waals surface area contributed by atoms with Crippen LogP contribution >= 0.6 is 11.6 Å². The number of benzene rings is 1. The minimum absolute atomic E-state index is 0.345. The van der Waals surface area contributed by atoms with Crippen molar-refractivity contribution in [3.8, 4) is 0 Å². The van der Waals surface area contributed by atoms with Gasteiger partial charge in [-0.15, -0.1) is 0 Å². The lowest BCUT2D eigenvalue weighted by Gasteiger charge is -2.18. The molecule has 19 heavy (non-hydrogen) atoms. The van der Waals surface area contributed by atoms with Crippen molar-refractivity contribution in [3.05, 3.63) is 29.0 Å². The molecule has 0 radical (unpaired) electrons. The Morgan fingerprint density at radius 3 is 2.74 bits per heavy atom. The van der Waals surface area contributed by atoms with E-state index in [9.17, 15) is 0 Å². The zero-order valence-corrected chi connectivity index (χ0v) is 12.0. The molecule has 0 N–H and O–H groups in total. The van der Waals surface area contributed by atoms with Gasteiger partial charge in [-0.1, -0.05) is 19.4 Å². The van der Waals surface area contributed by atoms with Crippen LogP contribution < -0.4 is 4.90 Å². The standard InChI is InChI=1S/C15H18ClN3/c1-2-5-11-6-7-13-12(10-11)14(18-15(16)17-13)19-8-3-4-9-19/h6-7,10H,2-5,8-9H2,1H3. The van der Waals surface area contributed by atoms with Crippen molar-refractivity contribution in [2.45, 2.75) is 32.6 Å². The molecule has 1 aliphatic rings. The molecule has 2 heterocycles. The average molecular weight is 276 g/mol. The van der Waals surface area contributed by atoms with Gasteiger partial charge in [-0.2, -0.15) is 4.98 Å². The highest BCUT2D eigenvalue weighted by atomic mass is 35.5. The van der Waals surface area contributed by atoms with Crippen LogP contribution in [0.25, 0.3) is 10.9 Å². The number of anilines is 1. The zero-order valence-electron chi connectivity index (χ0n) is 11.2. The summed E-state index contributed by atoms with van der Waals surface area (Å²) < 4.78 is 0. The number of fused-ring (bicyclic) bond motifs is 1. The van der Waals surface area contributed by atoms with Crippen molar-refractivity contribution in [3.63, 3.8) is 0 Å². The first-order chi connectivity index (χ1) is 9.28. The molecule has 0 bridgehead atoms. The van der Waals surface area contributed by atoms with Crippen molar-refractivity contribution in [2.75, 3.05) is 18.0 Å². The number of aromatic nitrogens is 2. The molecule has 2 aromatic rings. The molecule has 1 aromatic heterocycles. The van der Waals surface area contributed by atoms with E-state index in [0.29, 0.717) is 5.28 Å². The number of halogens is 1. The van der Waals surface area contributed by atoms with Gasteiger partial charge < -0.3 is 4.90 Å². The smallest absolute Gasteiger partial charge is 0.224 e. The molecule has 3 rings (SSSR count). The van der Waals surface area contributed by atoms with E-state index in [0.717, 1.165) is 42.7 Å². The normalized spacial score (nSPS) is 15.4. The van der Waals surface area contributed by atoms with Gasteiger partial charge in [-0.3, -0.25) is 0 Å². The van der Waals surface area contributed by atoms with Crippen LogP contribution in [-0.2, 0) is 6.42 Å². The van der Waals surface area contributed by atoms with E-state index < -0.39 is 0 Å². The predicted molar refractivity (Wildman–Crippen MR) is 80.0 cm³/mol. The average Bonchev–Trinajstić information content (AvgIpc) is 2.92. The molecule has 3 nitrogen and oxygen atoms in total. The molecule has 0 amide bonds. The van der Waals surface area contributed by atoms with Crippen LogP contribution in [0.5, 0.6) is 0 Å². The Morgan fingerprint density at radius 1 is 1.21 bits per heavy atom. The van der Waals surface area contributed by atoms with E-state index in [1.807, 2.05) is 0 Å². The Balaban J connectivity index is 2.13. The van der Waals surface area contributed by atoms with Gasteiger partial charge >= 0.3 is 0 Å². The summed E-state index contributed by atoms with van der Waals surface area (Å²) in [6, 6.07) is 6.43. The summed E-state index contributed by atoms with van der Waals surface area (Å²) in [7, 11) is 0. The molecular weight excluding hydrogens is 258 g/mol. The van der Waals surface area contributed by atoms with Gasteiger partial charge in [0, 0.05) is 18.5 Å². The van der Waals surface area contributed by atoms with Crippen LogP contribution in [-0.4, -0.2) is 23.1 Å². The van der Waals surface area contributed by atoms with Crippen molar-refractivity contribution in [1.82, 2.24) is 9.97 Å². The summed E-state index contributed by atoms with van der Waals surface area (Å²) in [4.78, 5) is 11.1. The maximum Gasteiger partial charge on any atom is 0.224 e. The van der Waals surface area contributed by atoms with Gasteiger partial charge in [-0.25, -0.2) is 4.98 Å². The largest absolute Gasteiger partial charge is 0.356 e. The fourth-order valence-electron chi connectivity index (χ4n) is 2.75. The van der Waals surface area contributed by atoms with E-state index in [1.54, 1.807) is 0 Å². The van der Waals surface area contributed by atoms with E-state index in [-0.39, 0.29) is 0 Å². The molecule has 0 aliphatic carbocycles. The Labute approximate surface area is 118 Å².